The molecule has 25 heavy (non-hydrogen) atoms. The molecule has 3 rings (SSSR count). The zero-order valence-electron chi connectivity index (χ0n) is 15.3. The smallest absolute Gasteiger partial charge is 0.221 e. The molecule has 1 N–H and O–H groups in total. The summed E-state index contributed by atoms with van der Waals surface area (Å²) in [5, 5.41) is 3.09. The molecule has 2 aliphatic heterocycles. The molecule has 2 aliphatic rings. The van der Waals surface area contributed by atoms with Crippen molar-refractivity contribution in [2.75, 3.05) is 53.0 Å². The maximum Gasteiger partial charge on any atom is 0.221 e. The van der Waals surface area contributed by atoms with Gasteiger partial charge < -0.3 is 24.6 Å². The first-order chi connectivity index (χ1) is 12.1. The molecule has 6 heteroatoms. The maximum absolute atomic E-state index is 12.3. The second-order valence-electron chi connectivity index (χ2n) is 6.94. The third-order valence-corrected chi connectivity index (χ3v) is 4.90. The fourth-order valence-electron chi connectivity index (χ4n) is 3.18. The number of benzene rings is 1. The number of nitrogens with one attached hydrogen (secondary N) is 1. The van der Waals surface area contributed by atoms with Crippen molar-refractivity contribution in [1.82, 2.24) is 15.1 Å². The average Bonchev–Trinajstić information content (AvgIpc) is 2.86. The third kappa shape index (κ3) is 5.09. The highest BCUT2D eigenvalue weighted by atomic mass is 16.5. The standard InChI is InChI=1S/C19H29N3O3/c1-15(16-4-5-17-18(14-16)25-13-3-12-24-17)20-19(23)6-7-22-10-8-21(2)9-11-22/h4-5,14-15H,3,6-13H2,1-2H3,(H,20,23)/t15-/m1/s1. The summed E-state index contributed by atoms with van der Waals surface area (Å²) in [5.41, 5.74) is 1.04. The molecule has 0 aromatic heterocycles. The monoisotopic (exact) mass is 347 g/mol. The first kappa shape index (κ1) is 18.0. The van der Waals surface area contributed by atoms with Gasteiger partial charge in [-0.05, 0) is 31.7 Å². The van der Waals surface area contributed by atoms with Crippen LogP contribution in [0.1, 0.15) is 31.4 Å². The minimum atomic E-state index is -0.0443. The molecule has 1 fully saturated rings. The number of ether oxygens (including phenoxy) is 2. The molecule has 1 saturated heterocycles. The van der Waals surface area contributed by atoms with Crippen LogP contribution in [-0.2, 0) is 4.79 Å². The zero-order chi connectivity index (χ0) is 17.6. The van der Waals surface area contributed by atoms with Crippen LogP contribution < -0.4 is 14.8 Å². The van der Waals surface area contributed by atoms with Crippen molar-refractivity contribution in [3.8, 4) is 11.5 Å². The summed E-state index contributed by atoms with van der Waals surface area (Å²) in [6, 6.07) is 5.87. The number of piperazine rings is 1. The lowest BCUT2D eigenvalue weighted by Gasteiger charge is -2.32. The molecular weight excluding hydrogens is 318 g/mol. The van der Waals surface area contributed by atoms with Crippen molar-refractivity contribution in [1.29, 1.82) is 0 Å². The minimum absolute atomic E-state index is 0.0443. The van der Waals surface area contributed by atoms with Crippen LogP contribution in [0.3, 0.4) is 0 Å². The van der Waals surface area contributed by atoms with Gasteiger partial charge in [0.05, 0.1) is 19.3 Å². The Hall–Kier alpha value is -1.79. The van der Waals surface area contributed by atoms with E-state index in [0.29, 0.717) is 19.6 Å². The molecular formula is C19H29N3O3. The molecule has 1 atom stereocenters. The number of fused-ring (bicyclic) bond motifs is 1. The lowest BCUT2D eigenvalue weighted by atomic mass is 10.1. The number of carbonyl (C=O) groups excluding carboxylic acids is 1. The predicted molar refractivity (Wildman–Crippen MR) is 97.2 cm³/mol. The molecule has 1 aromatic rings. The highest BCUT2D eigenvalue weighted by molar-refractivity contribution is 5.76. The topological polar surface area (TPSA) is 54.0 Å². The predicted octanol–water partition coefficient (Wildman–Crippen LogP) is 1.66. The highest BCUT2D eigenvalue weighted by Gasteiger charge is 2.17. The molecule has 1 aromatic carbocycles. The van der Waals surface area contributed by atoms with Crippen LogP contribution in [0.25, 0.3) is 0 Å². The van der Waals surface area contributed by atoms with Crippen LogP contribution in [0.15, 0.2) is 18.2 Å². The molecule has 0 aliphatic carbocycles. The van der Waals surface area contributed by atoms with E-state index in [1.807, 2.05) is 25.1 Å². The van der Waals surface area contributed by atoms with Crippen LogP contribution in [-0.4, -0.2) is 68.7 Å². The van der Waals surface area contributed by atoms with Gasteiger partial charge in [-0.15, -0.1) is 0 Å². The van der Waals surface area contributed by atoms with E-state index in [-0.39, 0.29) is 11.9 Å². The Balaban J connectivity index is 1.49. The Labute approximate surface area is 150 Å². The second-order valence-corrected chi connectivity index (χ2v) is 6.94. The van der Waals surface area contributed by atoms with Gasteiger partial charge in [-0.3, -0.25) is 4.79 Å². The Kier molecular flexibility index (Phi) is 6.15. The van der Waals surface area contributed by atoms with Crippen molar-refractivity contribution >= 4 is 5.91 Å². The van der Waals surface area contributed by atoms with E-state index >= 15 is 0 Å². The van der Waals surface area contributed by atoms with E-state index in [9.17, 15) is 4.79 Å². The highest BCUT2D eigenvalue weighted by Crippen LogP contribution is 2.32. The van der Waals surface area contributed by atoms with Gasteiger partial charge >= 0.3 is 0 Å². The third-order valence-electron chi connectivity index (χ3n) is 4.90. The minimum Gasteiger partial charge on any atom is -0.490 e. The normalized spacial score (nSPS) is 19.9. The van der Waals surface area contributed by atoms with Crippen LogP contribution >= 0.6 is 0 Å². The van der Waals surface area contributed by atoms with Gasteiger partial charge in [0.2, 0.25) is 5.91 Å². The summed E-state index contributed by atoms with van der Waals surface area (Å²) in [6.45, 7) is 8.43. The molecule has 1 amide bonds. The Morgan fingerprint density at radius 1 is 1.16 bits per heavy atom. The average molecular weight is 347 g/mol. The maximum atomic E-state index is 12.3. The van der Waals surface area contributed by atoms with E-state index in [4.69, 9.17) is 9.47 Å². The van der Waals surface area contributed by atoms with Crippen LogP contribution in [0.5, 0.6) is 11.5 Å². The molecule has 138 valence electrons. The van der Waals surface area contributed by atoms with E-state index in [1.54, 1.807) is 0 Å². The molecule has 0 radical (unpaired) electrons. The number of nitrogens with zero attached hydrogens (tertiary/aromatic N) is 2. The quantitative estimate of drug-likeness (QED) is 0.878. The van der Waals surface area contributed by atoms with Gasteiger partial charge in [0, 0.05) is 45.6 Å². The Morgan fingerprint density at radius 2 is 1.88 bits per heavy atom. The summed E-state index contributed by atoms with van der Waals surface area (Å²) in [6.07, 6.45) is 1.43. The van der Waals surface area contributed by atoms with Gasteiger partial charge in [-0.25, -0.2) is 0 Å². The molecule has 0 saturated carbocycles. The number of carbonyl (C=O) groups is 1. The largest absolute Gasteiger partial charge is 0.490 e. The fourth-order valence-corrected chi connectivity index (χ4v) is 3.18. The van der Waals surface area contributed by atoms with Crippen LogP contribution in [0.2, 0.25) is 0 Å². The molecule has 0 unspecified atom stereocenters. The number of hydrogen-bond donors (Lipinski definition) is 1. The number of rotatable bonds is 5. The van der Waals surface area contributed by atoms with Crippen molar-refractivity contribution in [2.45, 2.75) is 25.8 Å². The van der Waals surface area contributed by atoms with Crippen molar-refractivity contribution in [3.63, 3.8) is 0 Å². The van der Waals surface area contributed by atoms with Crippen LogP contribution in [0, 0.1) is 0 Å². The van der Waals surface area contributed by atoms with Crippen molar-refractivity contribution in [3.05, 3.63) is 23.8 Å². The summed E-state index contributed by atoms with van der Waals surface area (Å²) >= 11 is 0. The van der Waals surface area contributed by atoms with Gasteiger partial charge in [0.15, 0.2) is 11.5 Å². The summed E-state index contributed by atoms with van der Waals surface area (Å²) in [7, 11) is 2.14. The summed E-state index contributed by atoms with van der Waals surface area (Å²) in [5.74, 6) is 1.65. The first-order valence-corrected chi connectivity index (χ1v) is 9.21. The van der Waals surface area contributed by atoms with E-state index < -0.39 is 0 Å². The van der Waals surface area contributed by atoms with Crippen molar-refractivity contribution < 1.29 is 14.3 Å². The fraction of sp³-hybridized carbons (Fsp3) is 0.632. The molecule has 6 nitrogen and oxygen atoms in total. The SMILES string of the molecule is C[C@@H](NC(=O)CCN1CCN(C)CC1)c1ccc2c(c1)OCCCO2. The van der Waals surface area contributed by atoms with Gasteiger partial charge in [0.25, 0.3) is 0 Å². The number of likely N-dealkylation sites (N-methyl/N-ethyl adjacent to an activating group) is 1. The summed E-state index contributed by atoms with van der Waals surface area (Å²) in [4.78, 5) is 17.0. The molecule has 2 heterocycles. The van der Waals surface area contributed by atoms with Gasteiger partial charge in [0.1, 0.15) is 0 Å². The molecule has 0 spiro atoms. The number of hydrogen-bond acceptors (Lipinski definition) is 5. The van der Waals surface area contributed by atoms with Gasteiger partial charge in [-0.1, -0.05) is 6.07 Å². The van der Waals surface area contributed by atoms with E-state index in [0.717, 1.165) is 56.2 Å². The van der Waals surface area contributed by atoms with Gasteiger partial charge in [-0.2, -0.15) is 0 Å². The Morgan fingerprint density at radius 3 is 2.64 bits per heavy atom. The van der Waals surface area contributed by atoms with E-state index in [2.05, 4.69) is 22.2 Å². The molecule has 0 bridgehead atoms. The lowest BCUT2D eigenvalue weighted by molar-refractivity contribution is -0.122. The van der Waals surface area contributed by atoms with E-state index in [1.165, 1.54) is 0 Å². The first-order valence-electron chi connectivity index (χ1n) is 9.21. The lowest BCUT2D eigenvalue weighted by Crippen LogP contribution is -2.45. The zero-order valence-corrected chi connectivity index (χ0v) is 15.3. The number of amides is 1. The van der Waals surface area contributed by atoms with Crippen LogP contribution in [0.4, 0.5) is 0 Å². The Bertz CT molecular complexity index is 585. The summed E-state index contributed by atoms with van der Waals surface area (Å²) < 4.78 is 11.4. The van der Waals surface area contributed by atoms with Crippen molar-refractivity contribution in [2.24, 2.45) is 0 Å². The second kappa shape index (κ2) is 8.54.